The number of hydrogen-bond acceptors (Lipinski definition) is 4. The zero-order valence-corrected chi connectivity index (χ0v) is 14.2. The molecule has 2 aromatic rings. The molecule has 2 aliphatic carbocycles. The predicted octanol–water partition coefficient (Wildman–Crippen LogP) is 4.97. The fourth-order valence-electron chi connectivity index (χ4n) is 4.74. The Kier molecular flexibility index (Phi) is 2.84. The van der Waals surface area contributed by atoms with E-state index in [0.29, 0.717) is 22.2 Å². The van der Waals surface area contributed by atoms with Gasteiger partial charge in [0.15, 0.2) is 0 Å². The van der Waals surface area contributed by atoms with Crippen LogP contribution in [0.4, 0.5) is 5.82 Å². The van der Waals surface area contributed by atoms with Crippen molar-refractivity contribution < 1.29 is 0 Å². The van der Waals surface area contributed by atoms with E-state index in [4.69, 9.17) is 11.6 Å². The van der Waals surface area contributed by atoms with E-state index in [1.807, 2.05) is 0 Å². The summed E-state index contributed by atoms with van der Waals surface area (Å²) in [6.07, 6.45) is 3.99. The van der Waals surface area contributed by atoms with Crippen LogP contribution in [-0.4, -0.2) is 16.0 Å². The number of halogens is 1. The molecular formula is C16H20ClN3S. The van der Waals surface area contributed by atoms with Crippen LogP contribution in [0.1, 0.15) is 40.0 Å². The van der Waals surface area contributed by atoms with Crippen LogP contribution in [0.25, 0.3) is 10.2 Å². The third-order valence-electron chi connectivity index (χ3n) is 5.85. The van der Waals surface area contributed by atoms with Gasteiger partial charge < -0.3 is 5.32 Å². The molecule has 3 atom stereocenters. The molecule has 21 heavy (non-hydrogen) atoms. The number of aromatic nitrogens is 2. The second-order valence-electron chi connectivity index (χ2n) is 7.47. The van der Waals surface area contributed by atoms with Crippen LogP contribution in [0.3, 0.4) is 0 Å². The molecule has 3 unspecified atom stereocenters. The maximum Gasteiger partial charge on any atom is 0.225 e. The number of nitrogens with one attached hydrogen (secondary N) is 1. The van der Waals surface area contributed by atoms with Gasteiger partial charge in [-0.25, -0.2) is 9.97 Å². The van der Waals surface area contributed by atoms with Crippen LogP contribution in [-0.2, 0) is 0 Å². The van der Waals surface area contributed by atoms with Gasteiger partial charge in [-0.05, 0) is 59.1 Å². The molecule has 3 nitrogen and oxygen atoms in total. The second-order valence-corrected chi connectivity index (χ2v) is 8.71. The Morgan fingerprint density at radius 3 is 2.86 bits per heavy atom. The van der Waals surface area contributed by atoms with Crippen LogP contribution in [0.5, 0.6) is 0 Å². The van der Waals surface area contributed by atoms with Crippen molar-refractivity contribution in [2.75, 3.05) is 5.32 Å². The van der Waals surface area contributed by atoms with E-state index in [-0.39, 0.29) is 0 Å². The molecule has 0 radical (unpaired) electrons. The first kappa shape index (κ1) is 13.8. The van der Waals surface area contributed by atoms with Crippen LogP contribution in [0.2, 0.25) is 5.28 Å². The van der Waals surface area contributed by atoms with Crippen LogP contribution in [0, 0.1) is 16.7 Å². The minimum atomic E-state index is 0.298. The van der Waals surface area contributed by atoms with Gasteiger partial charge in [-0.3, -0.25) is 0 Å². The topological polar surface area (TPSA) is 37.8 Å². The molecule has 0 aromatic carbocycles. The fraction of sp³-hybridized carbons (Fsp3) is 0.625. The molecule has 0 spiro atoms. The summed E-state index contributed by atoms with van der Waals surface area (Å²) in [7, 11) is 0. The average molecular weight is 322 g/mol. The molecule has 4 rings (SSSR count). The van der Waals surface area contributed by atoms with Crippen molar-refractivity contribution in [2.24, 2.45) is 16.7 Å². The zero-order valence-electron chi connectivity index (χ0n) is 12.6. The molecule has 2 aliphatic rings. The van der Waals surface area contributed by atoms with Gasteiger partial charge in [-0.1, -0.05) is 20.8 Å². The molecule has 2 fully saturated rings. The highest BCUT2D eigenvalue weighted by Crippen LogP contribution is 2.63. The van der Waals surface area contributed by atoms with E-state index in [2.05, 4.69) is 47.5 Å². The molecule has 0 saturated heterocycles. The SMILES string of the molecule is CC12CCC(C1)C(C)(C)C2Nc1nc(Cl)nc2sccc12. The average Bonchev–Trinajstić information content (AvgIpc) is 3.05. The summed E-state index contributed by atoms with van der Waals surface area (Å²) in [6, 6.07) is 2.53. The van der Waals surface area contributed by atoms with E-state index in [1.54, 1.807) is 11.3 Å². The Morgan fingerprint density at radius 1 is 1.33 bits per heavy atom. The lowest BCUT2D eigenvalue weighted by atomic mass is 9.68. The highest BCUT2D eigenvalue weighted by molar-refractivity contribution is 7.16. The second kappa shape index (κ2) is 4.32. The van der Waals surface area contributed by atoms with Gasteiger partial charge in [0.05, 0.1) is 5.39 Å². The standard InChI is InChI=1S/C16H20ClN3S/c1-15(2)9-4-6-16(3,8-9)13(15)18-11-10-5-7-21-12(10)20-14(17)19-11/h5,7,9,13H,4,6,8H2,1-3H3,(H,18,19,20). The summed E-state index contributed by atoms with van der Waals surface area (Å²) in [5.74, 6) is 1.72. The van der Waals surface area contributed by atoms with Crippen LogP contribution < -0.4 is 5.32 Å². The maximum atomic E-state index is 6.10. The first-order chi connectivity index (χ1) is 9.90. The van der Waals surface area contributed by atoms with Crippen molar-refractivity contribution in [3.8, 4) is 0 Å². The molecule has 0 amide bonds. The van der Waals surface area contributed by atoms with E-state index in [1.165, 1.54) is 19.3 Å². The van der Waals surface area contributed by atoms with Gasteiger partial charge in [0.25, 0.3) is 0 Å². The molecule has 2 saturated carbocycles. The Balaban J connectivity index is 1.76. The summed E-state index contributed by atoms with van der Waals surface area (Å²) in [5, 5.41) is 7.22. The van der Waals surface area contributed by atoms with Gasteiger partial charge in [-0.2, -0.15) is 0 Å². The lowest BCUT2D eigenvalue weighted by Gasteiger charge is -2.43. The number of fused-ring (bicyclic) bond motifs is 3. The fourth-order valence-corrected chi connectivity index (χ4v) is 5.72. The summed E-state index contributed by atoms with van der Waals surface area (Å²) >= 11 is 7.71. The van der Waals surface area contributed by atoms with E-state index >= 15 is 0 Å². The molecule has 2 bridgehead atoms. The largest absolute Gasteiger partial charge is 0.366 e. The van der Waals surface area contributed by atoms with Crippen molar-refractivity contribution in [2.45, 2.75) is 46.1 Å². The van der Waals surface area contributed by atoms with Crippen LogP contribution >= 0.6 is 22.9 Å². The van der Waals surface area contributed by atoms with E-state index in [9.17, 15) is 0 Å². The van der Waals surface area contributed by atoms with Crippen molar-refractivity contribution in [3.05, 3.63) is 16.7 Å². The Bertz CT molecular complexity index is 706. The third kappa shape index (κ3) is 1.92. The maximum absolute atomic E-state index is 6.10. The monoisotopic (exact) mass is 321 g/mol. The highest BCUT2D eigenvalue weighted by atomic mass is 35.5. The number of rotatable bonds is 2. The third-order valence-corrected chi connectivity index (χ3v) is 6.82. The molecule has 1 N–H and O–H groups in total. The number of nitrogens with zero attached hydrogens (tertiary/aromatic N) is 2. The molecule has 2 aromatic heterocycles. The minimum Gasteiger partial charge on any atom is -0.366 e. The van der Waals surface area contributed by atoms with Gasteiger partial charge >= 0.3 is 0 Å². The smallest absolute Gasteiger partial charge is 0.225 e. The minimum absolute atomic E-state index is 0.298. The highest BCUT2D eigenvalue weighted by Gasteiger charge is 2.59. The van der Waals surface area contributed by atoms with Gasteiger partial charge in [0, 0.05) is 6.04 Å². The first-order valence-corrected chi connectivity index (χ1v) is 8.83. The molecule has 5 heteroatoms. The number of hydrogen-bond donors (Lipinski definition) is 1. The zero-order chi connectivity index (χ0) is 14.8. The summed E-state index contributed by atoms with van der Waals surface area (Å²) in [5.41, 5.74) is 0.667. The van der Waals surface area contributed by atoms with Gasteiger partial charge in [0.2, 0.25) is 5.28 Å². The Morgan fingerprint density at radius 2 is 2.14 bits per heavy atom. The number of thiophene rings is 1. The molecule has 2 heterocycles. The quantitative estimate of drug-likeness (QED) is 0.793. The van der Waals surface area contributed by atoms with Gasteiger partial charge in [-0.15, -0.1) is 11.3 Å². The summed E-state index contributed by atoms with van der Waals surface area (Å²) in [6.45, 7) is 7.22. The van der Waals surface area contributed by atoms with Crippen molar-refractivity contribution in [1.29, 1.82) is 0 Å². The first-order valence-electron chi connectivity index (χ1n) is 7.57. The summed E-state index contributed by atoms with van der Waals surface area (Å²) in [4.78, 5) is 9.73. The van der Waals surface area contributed by atoms with E-state index < -0.39 is 0 Å². The lowest BCUT2D eigenvalue weighted by molar-refractivity contribution is 0.155. The Labute approximate surface area is 134 Å². The molecular weight excluding hydrogens is 302 g/mol. The lowest BCUT2D eigenvalue weighted by Crippen LogP contribution is -2.46. The summed E-state index contributed by atoms with van der Waals surface area (Å²) < 4.78 is 0. The van der Waals surface area contributed by atoms with Crippen molar-refractivity contribution >= 4 is 39.0 Å². The molecule has 0 aliphatic heterocycles. The van der Waals surface area contributed by atoms with Crippen molar-refractivity contribution in [1.82, 2.24) is 9.97 Å². The Hall–Kier alpha value is -0.870. The number of anilines is 1. The predicted molar refractivity (Wildman–Crippen MR) is 89.1 cm³/mol. The molecule has 112 valence electrons. The van der Waals surface area contributed by atoms with E-state index in [0.717, 1.165) is 22.0 Å². The van der Waals surface area contributed by atoms with Crippen LogP contribution in [0.15, 0.2) is 11.4 Å². The normalized spacial score (nSPS) is 33.7. The van der Waals surface area contributed by atoms with Gasteiger partial charge in [0.1, 0.15) is 10.6 Å². The van der Waals surface area contributed by atoms with Crippen molar-refractivity contribution in [3.63, 3.8) is 0 Å².